The third kappa shape index (κ3) is 1.78. The second-order valence-corrected chi connectivity index (χ2v) is 8.93. The van der Waals surface area contributed by atoms with E-state index in [0.717, 1.165) is 35.5 Å². The Kier molecular flexibility index (Phi) is 2.62. The molecule has 0 bridgehead atoms. The van der Waals surface area contributed by atoms with Crippen LogP contribution < -0.4 is 0 Å². The lowest BCUT2D eigenvalue weighted by Gasteiger charge is -2.38. The van der Waals surface area contributed by atoms with E-state index in [-0.39, 0.29) is 0 Å². The Hall–Kier alpha value is 0. The summed E-state index contributed by atoms with van der Waals surface area (Å²) < 4.78 is 0. The Bertz CT molecular complexity index is 329. The first-order chi connectivity index (χ1) is 8.62. The molecule has 0 heterocycles. The van der Waals surface area contributed by atoms with Crippen LogP contribution in [0.1, 0.15) is 71.6 Å². The predicted molar refractivity (Wildman–Crippen MR) is 76.3 cm³/mol. The second kappa shape index (κ2) is 4.00. The summed E-state index contributed by atoms with van der Waals surface area (Å²) in [6.07, 6.45) is 14.2. The van der Waals surface area contributed by atoms with Crippen LogP contribution in [-0.4, -0.2) is 0 Å². The van der Waals surface area contributed by atoms with Crippen LogP contribution in [0.3, 0.4) is 0 Å². The van der Waals surface area contributed by atoms with Gasteiger partial charge in [-0.25, -0.2) is 0 Å². The van der Waals surface area contributed by atoms with Gasteiger partial charge >= 0.3 is 0 Å². The second-order valence-electron chi connectivity index (χ2n) is 8.93. The van der Waals surface area contributed by atoms with E-state index >= 15 is 0 Å². The summed E-state index contributed by atoms with van der Waals surface area (Å²) in [5.41, 5.74) is 0.667. The molecule has 18 heavy (non-hydrogen) atoms. The number of fused-ring (bicyclic) bond motifs is 4. The fourth-order valence-electron chi connectivity index (χ4n) is 6.77. The molecule has 4 fully saturated rings. The first-order valence-corrected chi connectivity index (χ1v) is 8.62. The molecule has 4 rings (SSSR count). The van der Waals surface area contributed by atoms with E-state index < -0.39 is 0 Å². The van der Waals surface area contributed by atoms with Gasteiger partial charge in [-0.2, -0.15) is 0 Å². The molecule has 0 spiro atoms. The van der Waals surface area contributed by atoms with E-state index in [4.69, 9.17) is 0 Å². The molecule has 0 aromatic carbocycles. The van der Waals surface area contributed by atoms with Gasteiger partial charge in [0.1, 0.15) is 0 Å². The molecule has 0 nitrogen and oxygen atoms in total. The topological polar surface area (TPSA) is 0 Å². The quantitative estimate of drug-likeness (QED) is 0.546. The summed E-state index contributed by atoms with van der Waals surface area (Å²) in [7, 11) is 0. The molecular weight excluding hydrogens is 216 g/mol. The zero-order chi connectivity index (χ0) is 12.3. The smallest absolute Gasteiger partial charge is 0.0349 e. The summed E-state index contributed by atoms with van der Waals surface area (Å²) in [4.78, 5) is 0. The van der Waals surface area contributed by atoms with Crippen LogP contribution in [0.25, 0.3) is 0 Å². The standard InChI is InChI=1S/C18H30/c1-18(2)10-14-8-13-7-12-5-3-4-6-16(12)17(13)9-15(14)11-18/h12-17H,3-11H2,1-2H3. The van der Waals surface area contributed by atoms with Crippen molar-refractivity contribution in [1.82, 2.24) is 0 Å². The highest BCUT2D eigenvalue weighted by Crippen LogP contribution is 2.61. The molecule has 0 aromatic heterocycles. The number of hydrogen-bond acceptors (Lipinski definition) is 0. The van der Waals surface area contributed by atoms with Gasteiger partial charge in [-0.3, -0.25) is 0 Å². The molecule has 6 unspecified atom stereocenters. The van der Waals surface area contributed by atoms with Gasteiger partial charge in [0.15, 0.2) is 0 Å². The van der Waals surface area contributed by atoms with Crippen molar-refractivity contribution in [2.45, 2.75) is 71.6 Å². The lowest BCUT2D eigenvalue weighted by molar-refractivity contribution is 0.116. The minimum absolute atomic E-state index is 0.667. The van der Waals surface area contributed by atoms with Crippen LogP contribution in [0.4, 0.5) is 0 Å². The van der Waals surface area contributed by atoms with Gasteiger partial charge in [-0.15, -0.1) is 0 Å². The van der Waals surface area contributed by atoms with E-state index in [1.807, 2.05) is 0 Å². The summed E-state index contributed by atoms with van der Waals surface area (Å²) in [5.74, 6) is 6.84. The van der Waals surface area contributed by atoms with Crippen LogP contribution in [0, 0.1) is 40.9 Å². The SMILES string of the molecule is CC1(C)CC2CC3CC4CCCCC4C3CC2C1. The van der Waals surface area contributed by atoms with Crippen LogP contribution >= 0.6 is 0 Å². The summed E-state index contributed by atoms with van der Waals surface area (Å²) in [6.45, 7) is 5.04. The van der Waals surface area contributed by atoms with Crippen LogP contribution in [0.2, 0.25) is 0 Å². The van der Waals surface area contributed by atoms with E-state index in [1.54, 1.807) is 44.9 Å². The molecule has 0 N–H and O–H groups in total. The fraction of sp³-hybridized carbons (Fsp3) is 1.00. The normalized spacial score (nSPS) is 53.7. The molecule has 4 saturated carbocycles. The molecule has 0 radical (unpaired) electrons. The van der Waals surface area contributed by atoms with E-state index in [9.17, 15) is 0 Å². The number of hydrogen-bond donors (Lipinski definition) is 0. The molecular formula is C18H30. The van der Waals surface area contributed by atoms with Gasteiger partial charge in [-0.05, 0) is 79.4 Å². The van der Waals surface area contributed by atoms with Crippen molar-refractivity contribution >= 4 is 0 Å². The van der Waals surface area contributed by atoms with Crippen molar-refractivity contribution in [2.24, 2.45) is 40.9 Å². The highest BCUT2D eigenvalue weighted by Gasteiger charge is 2.52. The Balaban J connectivity index is 1.52. The minimum atomic E-state index is 0.667. The average molecular weight is 246 g/mol. The van der Waals surface area contributed by atoms with E-state index in [0.29, 0.717) is 5.41 Å². The van der Waals surface area contributed by atoms with Gasteiger partial charge < -0.3 is 0 Å². The van der Waals surface area contributed by atoms with Crippen molar-refractivity contribution in [3.63, 3.8) is 0 Å². The van der Waals surface area contributed by atoms with Gasteiger partial charge in [0, 0.05) is 0 Å². The molecule has 6 atom stereocenters. The van der Waals surface area contributed by atoms with Gasteiger partial charge in [0.25, 0.3) is 0 Å². The lowest BCUT2D eigenvalue weighted by Crippen LogP contribution is -2.29. The molecule has 0 aromatic rings. The summed E-state index contributed by atoms with van der Waals surface area (Å²) in [5, 5.41) is 0. The first-order valence-electron chi connectivity index (χ1n) is 8.62. The summed E-state index contributed by atoms with van der Waals surface area (Å²) >= 11 is 0. The monoisotopic (exact) mass is 246 g/mol. The van der Waals surface area contributed by atoms with Crippen LogP contribution in [0.15, 0.2) is 0 Å². The highest BCUT2D eigenvalue weighted by molar-refractivity contribution is 5.01. The zero-order valence-corrected chi connectivity index (χ0v) is 12.3. The molecule has 0 amide bonds. The highest BCUT2D eigenvalue weighted by atomic mass is 14.6. The Morgan fingerprint density at radius 2 is 1.33 bits per heavy atom. The van der Waals surface area contributed by atoms with Crippen molar-refractivity contribution in [3.05, 3.63) is 0 Å². The molecule has 0 heteroatoms. The van der Waals surface area contributed by atoms with Crippen molar-refractivity contribution in [1.29, 1.82) is 0 Å². The van der Waals surface area contributed by atoms with E-state index in [1.165, 1.54) is 12.8 Å². The van der Waals surface area contributed by atoms with Gasteiger partial charge in [-0.1, -0.05) is 33.1 Å². The van der Waals surface area contributed by atoms with Gasteiger partial charge in [0.2, 0.25) is 0 Å². The van der Waals surface area contributed by atoms with E-state index in [2.05, 4.69) is 13.8 Å². The van der Waals surface area contributed by atoms with Crippen molar-refractivity contribution in [3.8, 4) is 0 Å². The lowest BCUT2D eigenvalue weighted by atomic mass is 9.67. The first kappa shape index (κ1) is 11.8. The molecule has 102 valence electrons. The Morgan fingerprint density at radius 1 is 0.667 bits per heavy atom. The average Bonchev–Trinajstić information content (AvgIpc) is 2.80. The summed E-state index contributed by atoms with van der Waals surface area (Å²) in [6, 6.07) is 0. The molecule has 4 aliphatic rings. The Morgan fingerprint density at radius 3 is 2.17 bits per heavy atom. The molecule has 0 aliphatic heterocycles. The largest absolute Gasteiger partial charge is 0.0599 e. The molecule has 0 saturated heterocycles. The van der Waals surface area contributed by atoms with Crippen LogP contribution in [-0.2, 0) is 0 Å². The third-order valence-corrected chi connectivity index (χ3v) is 7.21. The Labute approximate surface area is 113 Å². The maximum Gasteiger partial charge on any atom is -0.0349 e. The predicted octanol–water partition coefficient (Wildman–Crippen LogP) is 5.28. The van der Waals surface area contributed by atoms with Crippen molar-refractivity contribution in [2.75, 3.05) is 0 Å². The molecule has 4 aliphatic carbocycles. The number of rotatable bonds is 0. The zero-order valence-electron chi connectivity index (χ0n) is 12.3. The van der Waals surface area contributed by atoms with Crippen molar-refractivity contribution < 1.29 is 0 Å². The fourth-order valence-corrected chi connectivity index (χ4v) is 6.77. The van der Waals surface area contributed by atoms with Crippen LogP contribution in [0.5, 0.6) is 0 Å². The van der Waals surface area contributed by atoms with Gasteiger partial charge in [0.05, 0.1) is 0 Å². The third-order valence-electron chi connectivity index (χ3n) is 7.21. The maximum atomic E-state index is 2.52. The minimum Gasteiger partial charge on any atom is -0.0599 e. The maximum absolute atomic E-state index is 2.52.